The first-order valence-corrected chi connectivity index (χ1v) is 6.79. The first-order chi connectivity index (χ1) is 7.86. The standard InChI is InChI=1S/C12H19NO2S/c14-12(11-3-6-16-9-11)8-13-7-10-1-4-15-5-2-10/h3,6,9-10,12-14H,1-2,4-5,7-8H2. The van der Waals surface area contributed by atoms with Crippen molar-refractivity contribution in [1.82, 2.24) is 5.32 Å². The maximum atomic E-state index is 9.86. The molecule has 16 heavy (non-hydrogen) atoms. The number of aliphatic hydroxyl groups excluding tert-OH is 1. The van der Waals surface area contributed by atoms with Gasteiger partial charge in [0.25, 0.3) is 0 Å². The van der Waals surface area contributed by atoms with Crippen molar-refractivity contribution in [3.8, 4) is 0 Å². The summed E-state index contributed by atoms with van der Waals surface area (Å²) in [4.78, 5) is 0. The number of ether oxygens (including phenoxy) is 1. The van der Waals surface area contributed by atoms with Crippen LogP contribution in [0.4, 0.5) is 0 Å². The number of hydrogen-bond acceptors (Lipinski definition) is 4. The van der Waals surface area contributed by atoms with Gasteiger partial charge in [-0.15, -0.1) is 0 Å². The lowest BCUT2D eigenvalue weighted by Crippen LogP contribution is -2.30. The number of aliphatic hydroxyl groups is 1. The van der Waals surface area contributed by atoms with Crippen molar-refractivity contribution in [2.45, 2.75) is 18.9 Å². The average Bonchev–Trinajstić information content (AvgIpc) is 2.84. The normalized spacial score (nSPS) is 19.8. The molecule has 1 aliphatic heterocycles. The predicted octanol–water partition coefficient (Wildman–Crippen LogP) is 1.80. The molecule has 1 aromatic rings. The minimum absolute atomic E-state index is 0.369. The van der Waals surface area contributed by atoms with Gasteiger partial charge < -0.3 is 15.2 Å². The van der Waals surface area contributed by atoms with Gasteiger partial charge in [0.2, 0.25) is 0 Å². The largest absolute Gasteiger partial charge is 0.387 e. The van der Waals surface area contributed by atoms with E-state index in [-0.39, 0.29) is 6.10 Å². The molecule has 4 heteroatoms. The first-order valence-electron chi connectivity index (χ1n) is 5.85. The molecule has 0 saturated carbocycles. The van der Waals surface area contributed by atoms with Crippen molar-refractivity contribution >= 4 is 11.3 Å². The van der Waals surface area contributed by atoms with E-state index in [1.54, 1.807) is 11.3 Å². The second-order valence-electron chi connectivity index (χ2n) is 4.29. The molecule has 1 unspecified atom stereocenters. The van der Waals surface area contributed by atoms with E-state index in [4.69, 9.17) is 4.74 Å². The number of rotatable bonds is 5. The molecule has 0 bridgehead atoms. The van der Waals surface area contributed by atoms with Crippen LogP contribution in [0.1, 0.15) is 24.5 Å². The second-order valence-corrected chi connectivity index (χ2v) is 5.07. The van der Waals surface area contributed by atoms with E-state index >= 15 is 0 Å². The van der Waals surface area contributed by atoms with Crippen LogP contribution in [-0.4, -0.2) is 31.4 Å². The van der Waals surface area contributed by atoms with E-state index in [1.165, 1.54) is 0 Å². The van der Waals surface area contributed by atoms with Crippen molar-refractivity contribution in [2.24, 2.45) is 5.92 Å². The van der Waals surface area contributed by atoms with Gasteiger partial charge in [0.1, 0.15) is 0 Å². The quantitative estimate of drug-likeness (QED) is 0.826. The fourth-order valence-electron chi connectivity index (χ4n) is 1.96. The maximum Gasteiger partial charge on any atom is 0.0922 e. The fourth-order valence-corrected chi connectivity index (χ4v) is 2.66. The Morgan fingerprint density at radius 3 is 3.00 bits per heavy atom. The topological polar surface area (TPSA) is 41.5 Å². The van der Waals surface area contributed by atoms with E-state index in [1.807, 2.05) is 16.8 Å². The van der Waals surface area contributed by atoms with Crippen LogP contribution in [0.5, 0.6) is 0 Å². The Balaban J connectivity index is 1.63. The van der Waals surface area contributed by atoms with Gasteiger partial charge >= 0.3 is 0 Å². The van der Waals surface area contributed by atoms with E-state index in [0.29, 0.717) is 12.5 Å². The van der Waals surface area contributed by atoms with Crippen LogP contribution in [0.2, 0.25) is 0 Å². The molecule has 0 radical (unpaired) electrons. The SMILES string of the molecule is OC(CNCC1CCOCC1)c1ccsc1. The zero-order valence-electron chi connectivity index (χ0n) is 9.39. The summed E-state index contributed by atoms with van der Waals surface area (Å²) >= 11 is 1.63. The lowest BCUT2D eigenvalue weighted by atomic mass is 10.0. The Morgan fingerprint density at radius 1 is 1.50 bits per heavy atom. The number of thiophene rings is 1. The molecule has 0 aliphatic carbocycles. The monoisotopic (exact) mass is 241 g/mol. The minimum Gasteiger partial charge on any atom is -0.387 e. The molecule has 90 valence electrons. The molecule has 1 aromatic heterocycles. The lowest BCUT2D eigenvalue weighted by Gasteiger charge is -2.22. The molecular weight excluding hydrogens is 222 g/mol. The van der Waals surface area contributed by atoms with Crippen molar-refractivity contribution in [1.29, 1.82) is 0 Å². The predicted molar refractivity (Wildman–Crippen MR) is 65.7 cm³/mol. The van der Waals surface area contributed by atoms with E-state index in [9.17, 15) is 5.11 Å². The van der Waals surface area contributed by atoms with Crippen LogP contribution in [0.3, 0.4) is 0 Å². The highest BCUT2D eigenvalue weighted by atomic mass is 32.1. The van der Waals surface area contributed by atoms with Gasteiger partial charge in [-0.2, -0.15) is 11.3 Å². The summed E-state index contributed by atoms with van der Waals surface area (Å²) < 4.78 is 5.31. The molecule has 1 aliphatic rings. The second kappa shape index (κ2) is 6.35. The summed E-state index contributed by atoms with van der Waals surface area (Å²) in [5, 5.41) is 17.2. The van der Waals surface area contributed by atoms with Gasteiger partial charge in [0.05, 0.1) is 6.10 Å². The molecule has 0 spiro atoms. The molecule has 2 heterocycles. The van der Waals surface area contributed by atoms with Gasteiger partial charge in [0, 0.05) is 19.8 Å². The summed E-state index contributed by atoms with van der Waals surface area (Å²) in [5.41, 5.74) is 1.02. The average molecular weight is 241 g/mol. The third-order valence-electron chi connectivity index (χ3n) is 3.04. The summed E-state index contributed by atoms with van der Waals surface area (Å²) in [6.07, 6.45) is 1.91. The Kier molecular flexibility index (Phi) is 4.78. The number of nitrogens with one attached hydrogen (secondary N) is 1. The zero-order valence-corrected chi connectivity index (χ0v) is 10.2. The maximum absolute atomic E-state index is 9.86. The highest BCUT2D eigenvalue weighted by Gasteiger charge is 2.14. The molecule has 1 saturated heterocycles. The fraction of sp³-hybridized carbons (Fsp3) is 0.667. The molecular formula is C12H19NO2S. The molecule has 1 atom stereocenters. The van der Waals surface area contributed by atoms with Crippen LogP contribution in [0, 0.1) is 5.92 Å². The van der Waals surface area contributed by atoms with Crippen LogP contribution in [0.15, 0.2) is 16.8 Å². The third kappa shape index (κ3) is 3.56. The van der Waals surface area contributed by atoms with Crippen molar-refractivity contribution < 1.29 is 9.84 Å². The highest BCUT2D eigenvalue weighted by molar-refractivity contribution is 7.07. The lowest BCUT2D eigenvalue weighted by molar-refractivity contribution is 0.0649. The van der Waals surface area contributed by atoms with Gasteiger partial charge in [-0.05, 0) is 47.7 Å². The first kappa shape index (κ1) is 12.0. The highest BCUT2D eigenvalue weighted by Crippen LogP contribution is 2.16. The van der Waals surface area contributed by atoms with Crippen molar-refractivity contribution in [3.05, 3.63) is 22.4 Å². The van der Waals surface area contributed by atoms with E-state index in [0.717, 1.165) is 38.2 Å². The summed E-state index contributed by atoms with van der Waals surface area (Å²) in [7, 11) is 0. The molecule has 1 fully saturated rings. The molecule has 3 nitrogen and oxygen atoms in total. The summed E-state index contributed by atoms with van der Waals surface area (Å²) in [6, 6.07) is 1.98. The van der Waals surface area contributed by atoms with Crippen LogP contribution >= 0.6 is 11.3 Å². The van der Waals surface area contributed by atoms with Gasteiger partial charge in [0.15, 0.2) is 0 Å². The van der Waals surface area contributed by atoms with Gasteiger partial charge in [-0.1, -0.05) is 0 Å². The smallest absolute Gasteiger partial charge is 0.0922 e. The van der Waals surface area contributed by atoms with Crippen LogP contribution in [0.25, 0.3) is 0 Å². The Morgan fingerprint density at radius 2 is 2.31 bits per heavy atom. The third-order valence-corrected chi connectivity index (χ3v) is 3.74. The van der Waals surface area contributed by atoms with Crippen LogP contribution in [-0.2, 0) is 4.74 Å². The van der Waals surface area contributed by atoms with Gasteiger partial charge in [-0.25, -0.2) is 0 Å². The Bertz CT molecular complexity index is 283. The molecule has 0 amide bonds. The molecule has 0 aromatic carbocycles. The van der Waals surface area contributed by atoms with Crippen molar-refractivity contribution in [3.63, 3.8) is 0 Å². The number of hydrogen-bond donors (Lipinski definition) is 2. The zero-order chi connectivity index (χ0) is 11.2. The molecule has 2 N–H and O–H groups in total. The van der Waals surface area contributed by atoms with Crippen molar-refractivity contribution in [2.75, 3.05) is 26.3 Å². The summed E-state index contributed by atoms with van der Waals surface area (Å²) in [6.45, 7) is 3.41. The molecule has 2 rings (SSSR count). The van der Waals surface area contributed by atoms with Crippen LogP contribution < -0.4 is 5.32 Å². The minimum atomic E-state index is -0.369. The Hall–Kier alpha value is -0.420. The summed E-state index contributed by atoms with van der Waals surface area (Å²) in [5.74, 6) is 0.712. The Labute approximate surface area is 100 Å². The van der Waals surface area contributed by atoms with Gasteiger partial charge in [-0.3, -0.25) is 0 Å². The van der Waals surface area contributed by atoms with E-state index in [2.05, 4.69) is 5.32 Å². The van der Waals surface area contributed by atoms with E-state index < -0.39 is 0 Å².